The van der Waals surface area contributed by atoms with E-state index in [1.54, 1.807) is 36.2 Å². The van der Waals surface area contributed by atoms with Gasteiger partial charge in [-0.2, -0.15) is 0 Å². The van der Waals surface area contributed by atoms with Crippen LogP contribution in [0.4, 0.5) is 0 Å². The van der Waals surface area contributed by atoms with Crippen LogP contribution in [-0.4, -0.2) is 54.7 Å². The van der Waals surface area contributed by atoms with E-state index < -0.39 is 0 Å². The lowest BCUT2D eigenvalue weighted by Gasteiger charge is -2.29. The molecule has 1 aromatic rings. The lowest BCUT2D eigenvalue weighted by molar-refractivity contribution is -0.146. The number of nitrogens with zero attached hydrogens (tertiary/aromatic N) is 1. The van der Waals surface area contributed by atoms with Crippen molar-refractivity contribution >= 4 is 11.8 Å². The van der Waals surface area contributed by atoms with Gasteiger partial charge in [0.25, 0.3) is 5.91 Å². The second-order valence-electron chi connectivity index (χ2n) is 4.77. The van der Waals surface area contributed by atoms with E-state index in [9.17, 15) is 9.59 Å². The molecule has 2 rings (SSSR count). The van der Waals surface area contributed by atoms with Crippen LogP contribution in [0.15, 0.2) is 24.3 Å². The largest absolute Gasteiger partial charge is 0.392 e. The highest BCUT2D eigenvalue weighted by Crippen LogP contribution is 2.06. The number of nitrogens with one attached hydrogen (secondary N) is 1. The minimum absolute atomic E-state index is 0.0435. The Morgan fingerprint density at radius 3 is 2.75 bits per heavy atom. The average Bonchev–Trinajstić information content (AvgIpc) is 2.48. The molecule has 6 nitrogen and oxygen atoms in total. The van der Waals surface area contributed by atoms with Gasteiger partial charge in [0.15, 0.2) is 0 Å². The van der Waals surface area contributed by atoms with E-state index in [4.69, 9.17) is 9.84 Å². The van der Waals surface area contributed by atoms with Gasteiger partial charge in [0.2, 0.25) is 5.91 Å². The van der Waals surface area contributed by atoms with Gasteiger partial charge in [-0.25, -0.2) is 0 Å². The maximum atomic E-state index is 11.9. The molecule has 1 atom stereocenters. The fourth-order valence-corrected chi connectivity index (χ4v) is 1.95. The fourth-order valence-electron chi connectivity index (χ4n) is 1.95. The first-order valence-electron chi connectivity index (χ1n) is 6.43. The van der Waals surface area contributed by atoms with Crippen molar-refractivity contribution in [3.05, 3.63) is 35.4 Å². The second-order valence-corrected chi connectivity index (χ2v) is 4.77. The number of benzene rings is 1. The van der Waals surface area contributed by atoms with E-state index >= 15 is 0 Å². The summed E-state index contributed by atoms with van der Waals surface area (Å²) in [5, 5.41) is 11.7. The molecular weight excluding hydrogens is 260 g/mol. The van der Waals surface area contributed by atoms with Gasteiger partial charge >= 0.3 is 0 Å². The van der Waals surface area contributed by atoms with Crippen LogP contribution in [0.1, 0.15) is 15.9 Å². The highest BCUT2D eigenvalue weighted by Gasteiger charge is 2.23. The Bertz CT molecular complexity index is 486. The third-order valence-corrected chi connectivity index (χ3v) is 3.23. The molecule has 108 valence electrons. The Morgan fingerprint density at radius 2 is 2.15 bits per heavy atom. The van der Waals surface area contributed by atoms with Gasteiger partial charge in [-0.15, -0.1) is 0 Å². The zero-order chi connectivity index (χ0) is 14.5. The summed E-state index contributed by atoms with van der Waals surface area (Å²) in [6, 6.07) is 6.74. The van der Waals surface area contributed by atoms with Crippen LogP contribution in [0.3, 0.4) is 0 Å². The first-order valence-corrected chi connectivity index (χ1v) is 6.43. The summed E-state index contributed by atoms with van der Waals surface area (Å²) >= 11 is 0. The second kappa shape index (κ2) is 6.49. The Balaban J connectivity index is 1.84. The molecule has 0 radical (unpaired) electrons. The fraction of sp³-hybridized carbons (Fsp3) is 0.429. The minimum Gasteiger partial charge on any atom is -0.392 e. The van der Waals surface area contributed by atoms with Crippen molar-refractivity contribution in [3.63, 3.8) is 0 Å². The van der Waals surface area contributed by atoms with Crippen molar-refractivity contribution in [1.29, 1.82) is 0 Å². The molecule has 0 unspecified atom stereocenters. The maximum Gasteiger partial charge on any atom is 0.251 e. The van der Waals surface area contributed by atoms with E-state index in [0.717, 1.165) is 5.56 Å². The van der Waals surface area contributed by atoms with Gasteiger partial charge in [0.05, 0.1) is 12.7 Å². The number of aliphatic hydroxyl groups is 1. The zero-order valence-corrected chi connectivity index (χ0v) is 11.3. The van der Waals surface area contributed by atoms with Gasteiger partial charge in [-0.1, -0.05) is 12.1 Å². The van der Waals surface area contributed by atoms with Crippen LogP contribution in [0.2, 0.25) is 0 Å². The van der Waals surface area contributed by atoms with Crippen LogP contribution in [-0.2, 0) is 16.1 Å². The number of morpholine rings is 1. The molecule has 0 spiro atoms. The summed E-state index contributed by atoms with van der Waals surface area (Å²) in [5.41, 5.74) is 1.29. The molecule has 1 fully saturated rings. The van der Waals surface area contributed by atoms with E-state index in [2.05, 4.69) is 5.32 Å². The van der Waals surface area contributed by atoms with Crippen molar-refractivity contribution in [2.75, 3.05) is 26.7 Å². The Hall–Kier alpha value is -1.92. The predicted octanol–water partition coefficient (Wildman–Crippen LogP) is -0.234. The molecule has 1 aliphatic rings. The van der Waals surface area contributed by atoms with Gasteiger partial charge in [-0.3, -0.25) is 9.59 Å². The van der Waals surface area contributed by atoms with E-state index in [1.165, 1.54) is 0 Å². The number of ether oxygens (including phenoxy) is 1. The smallest absolute Gasteiger partial charge is 0.251 e. The Morgan fingerprint density at radius 1 is 1.45 bits per heavy atom. The van der Waals surface area contributed by atoms with Gasteiger partial charge in [-0.05, 0) is 17.7 Å². The van der Waals surface area contributed by atoms with Crippen molar-refractivity contribution in [1.82, 2.24) is 10.2 Å². The molecule has 1 saturated heterocycles. The average molecular weight is 278 g/mol. The normalized spacial score (nSPS) is 19.0. The number of hydrogen-bond donors (Lipinski definition) is 2. The Kier molecular flexibility index (Phi) is 4.70. The quantitative estimate of drug-likeness (QED) is 0.797. The molecule has 2 N–H and O–H groups in total. The number of carbonyl (C=O) groups is 2. The molecule has 0 bridgehead atoms. The van der Waals surface area contributed by atoms with Crippen molar-refractivity contribution < 1.29 is 19.4 Å². The number of likely N-dealkylation sites (N-methyl/N-ethyl adjacent to an activating group) is 1. The molecule has 0 aliphatic carbocycles. The lowest BCUT2D eigenvalue weighted by Crippen LogP contribution is -2.48. The Labute approximate surface area is 117 Å². The topological polar surface area (TPSA) is 78.9 Å². The minimum atomic E-state index is -0.197. The molecule has 1 aromatic carbocycles. The first kappa shape index (κ1) is 14.5. The summed E-state index contributed by atoms with van der Waals surface area (Å²) in [6.45, 7) is 0.848. The van der Waals surface area contributed by atoms with E-state index in [-0.39, 0.29) is 31.1 Å². The highest BCUT2D eigenvalue weighted by atomic mass is 16.5. The first-order chi connectivity index (χ1) is 9.60. The number of carbonyl (C=O) groups excluding carboxylic acids is 2. The third-order valence-electron chi connectivity index (χ3n) is 3.23. The van der Waals surface area contributed by atoms with Crippen molar-refractivity contribution in [3.8, 4) is 0 Å². The maximum absolute atomic E-state index is 11.9. The standard InChI is InChI=1S/C14H18N2O4/c1-16-7-12(20-9-13(16)18)6-15-14(19)11-4-2-10(8-17)3-5-11/h2-5,12,17H,6-9H2,1H3,(H,15,19)/t12-/m0/s1. The molecule has 20 heavy (non-hydrogen) atoms. The van der Waals surface area contributed by atoms with Crippen molar-refractivity contribution in [2.45, 2.75) is 12.7 Å². The highest BCUT2D eigenvalue weighted by molar-refractivity contribution is 5.94. The van der Waals surface area contributed by atoms with Gasteiger partial charge in [0.1, 0.15) is 6.61 Å². The van der Waals surface area contributed by atoms with Crippen molar-refractivity contribution in [2.24, 2.45) is 0 Å². The molecule has 2 amide bonds. The van der Waals surface area contributed by atoms with Gasteiger partial charge < -0.3 is 20.1 Å². The van der Waals surface area contributed by atoms with Crippen LogP contribution in [0.25, 0.3) is 0 Å². The summed E-state index contributed by atoms with van der Waals surface area (Å²) < 4.78 is 5.34. The molecule has 6 heteroatoms. The summed E-state index contributed by atoms with van der Waals surface area (Å²) in [7, 11) is 1.72. The third kappa shape index (κ3) is 3.55. The summed E-state index contributed by atoms with van der Waals surface area (Å²) in [5.74, 6) is -0.246. The molecule has 0 saturated carbocycles. The van der Waals surface area contributed by atoms with Crippen LogP contribution < -0.4 is 5.32 Å². The number of hydrogen-bond acceptors (Lipinski definition) is 4. The molecular formula is C14H18N2O4. The zero-order valence-electron chi connectivity index (χ0n) is 11.3. The molecule has 1 heterocycles. The molecule has 1 aliphatic heterocycles. The van der Waals surface area contributed by atoms with Crippen LogP contribution in [0.5, 0.6) is 0 Å². The predicted molar refractivity (Wildman–Crippen MR) is 72.1 cm³/mol. The number of rotatable bonds is 4. The monoisotopic (exact) mass is 278 g/mol. The molecule has 0 aromatic heterocycles. The number of amides is 2. The van der Waals surface area contributed by atoms with E-state index in [1.807, 2.05) is 0 Å². The van der Waals surface area contributed by atoms with Gasteiger partial charge in [0, 0.05) is 25.7 Å². The summed E-state index contributed by atoms with van der Waals surface area (Å²) in [6.07, 6.45) is -0.182. The van der Waals surface area contributed by atoms with Crippen LogP contribution >= 0.6 is 0 Å². The van der Waals surface area contributed by atoms with E-state index in [0.29, 0.717) is 18.7 Å². The summed E-state index contributed by atoms with van der Waals surface area (Å²) in [4.78, 5) is 24.8. The SMILES string of the molecule is CN1C[C@H](CNC(=O)c2ccc(CO)cc2)OCC1=O. The number of aliphatic hydroxyl groups excluding tert-OH is 1. The lowest BCUT2D eigenvalue weighted by atomic mass is 10.1. The van der Waals surface area contributed by atoms with Crippen LogP contribution in [0, 0.1) is 0 Å².